The van der Waals surface area contributed by atoms with Crippen LogP contribution in [-0.2, 0) is 16.4 Å². The summed E-state index contributed by atoms with van der Waals surface area (Å²) in [6.45, 7) is 7.84. The highest BCUT2D eigenvalue weighted by molar-refractivity contribution is 7.89. The first kappa shape index (κ1) is 22.2. The SMILES string of the molecule is CCc1ccc(S(=O)(=O)N2CCN(c3cc(Nc4cc(C)ccn4)nc(C)n3)CC2)cc1. The second-order valence-corrected chi connectivity index (χ2v) is 9.83. The van der Waals surface area contributed by atoms with Crippen LogP contribution in [0.5, 0.6) is 0 Å². The van der Waals surface area contributed by atoms with Crippen molar-refractivity contribution in [3.05, 3.63) is 65.6 Å². The Balaban J connectivity index is 1.46. The van der Waals surface area contributed by atoms with Crippen molar-refractivity contribution in [3.8, 4) is 0 Å². The van der Waals surface area contributed by atoms with Gasteiger partial charge in [0.1, 0.15) is 23.3 Å². The van der Waals surface area contributed by atoms with Gasteiger partial charge in [0.15, 0.2) is 0 Å². The molecule has 0 atom stereocenters. The highest BCUT2D eigenvalue weighted by Crippen LogP contribution is 2.23. The van der Waals surface area contributed by atoms with Gasteiger partial charge in [0.25, 0.3) is 0 Å². The number of benzene rings is 1. The molecule has 1 aliphatic heterocycles. The number of piperazine rings is 1. The summed E-state index contributed by atoms with van der Waals surface area (Å²) in [6.07, 6.45) is 2.64. The molecule has 0 saturated carbocycles. The summed E-state index contributed by atoms with van der Waals surface area (Å²) in [5.74, 6) is 2.80. The van der Waals surface area contributed by atoms with Crippen molar-refractivity contribution < 1.29 is 8.42 Å². The maximum absolute atomic E-state index is 13.0. The van der Waals surface area contributed by atoms with Gasteiger partial charge in [-0.25, -0.2) is 23.4 Å². The summed E-state index contributed by atoms with van der Waals surface area (Å²) < 4.78 is 27.6. The van der Waals surface area contributed by atoms with Gasteiger partial charge in [-0.15, -0.1) is 0 Å². The van der Waals surface area contributed by atoms with Gasteiger partial charge in [-0.2, -0.15) is 4.31 Å². The van der Waals surface area contributed by atoms with Crippen LogP contribution in [0.25, 0.3) is 0 Å². The molecule has 1 fully saturated rings. The van der Waals surface area contributed by atoms with Gasteiger partial charge in [0.05, 0.1) is 4.90 Å². The molecule has 168 valence electrons. The Kier molecular flexibility index (Phi) is 6.38. The molecule has 2 aromatic heterocycles. The first-order valence-corrected chi connectivity index (χ1v) is 12.2. The minimum atomic E-state index is -3.50. The third-order valence-corrected chi connectivity index (χ3v) is 7.44. The lowest BCUT2D eigenvalue weighted by atomic mass is 10.2. The van der Waals surface area contributed by atoms with Gasteiger partial charge in [-0.1, -0.05) is 19.1 Å². The minimum absolute atomic E-state index is 0.346. The monoisotopic (exact) mass is 452 g/mol. The molecule has 3 aromatic rings. The predicted octanol–water partition coefficient (Wildman–Crippen LogP) is 3.31. The molecule has 0 spiro atoms. The molecule has 0 amide bonds. The van der Waals surface area contributed by atoms with Crippen LogP contribution in [0.3, 0.4) is 0 Å². The average Bonchev–Trinajstić information content (AvgIpc) is 2.79. The Morgan fingerprint density at radius 2 is 1.66 bits per heavy atom. The Bertz CT molecular complexity index is 1190. The van der Waals surface area contributed by atoms with E-state index in [4.69, 9.17) is 0 Å². The van der Waals surface area contributed by atoms with Crippen LogP contribution in [0.4, 0.5) is 17.5 Å². The van der Waals surface area contributed by atoms with E-state index in [0.29, 0.717) is 42.7 Å². The van der Waals surface area contributed by atoms with E-state index in [2.05, 4.69) is 32.1 Å². The number of rotatable bonds is 6. The predicted molar refractivity (Wildman–Crippen MR) is 126 cm³/mol. The first-order valence-electron chi connectivity index (χ1n) is 10.7. The van der Waals surface area contributed by atoms with E-state index < -0.39 is 10.0 Å². The van der Waals surface area contributed by atoms with Crippen molar-refractivity contribution in [2.75, 3.05) is 36.4 Å². The van der Waals surface area contributed by atoms with E-state index in [1.807, 2.05) is 44.2 Å². The molecule has 0 unspecified atom stereocenters. The highest BCUT2D eigenvalue weighted by atomic mass is 32.2. The molecule has 9 heteroatoms. The van der Waals surface area contributed by atoms with Crippen LogP contribution in [0.15, 0.2) is 53.6 Å². The number of hydrogen-bond donors (Lipinski definition) is 1. The highest BCUT2D eigenvalue weighted by Gasteiger charge is 2.29. The van der Waals surface area contributed by atoms with Crippen LogP contribution in [-0.4, -0.2) is 53.9 Å². The number of hydrogen-bond acceptors (Lipinski definition) is 7. The largest absolute Gasteiger partial charge is 0.354 e. The van der Waals surface area contributed by atoms with E-state index in [9.17, 15) is 8.42 Å². The zero-order chi connectivity index (χ0) is 22.7. The second-order valence-electron chi connectivity index (χ2n) is 7.89. The van der Waals surface area contributed by atoms with Crippen LogP contribution in [0.1, 0.15) is 23.9 Å². The molecule has 1 aromatic carbocycles. The molecule has 1 N–H and O–H groups in total. The van der Waals surface area contributed by atoms with Gasteiger partial charge >= 0.3 is 0 Å². The van der Waals surface area contributed by atoms with E-state index in [1.54, 1.807) is 22.6 Å². The van der Waals surface area contributed by atoms with Crippen LogP contribution in [0.2, 0.25) is 0 Å². The number of nitrogens with zero attached hydrogens (tertiary/aromatic N) is 5. The average molecular weight is 453 g/mol. The normalized spacial score (nSPS) is 15.0. The molecule has 1 saturated heterocycles. The summed E-state index contributed by atoms with van der Waals surface area (Å²) >= 11 is 0. The molecular formula is C23H28N6O2S. The molecular weight excluding hydrogens is 424 g/mol. The van der Waals surface area contributed by atoms with Crippen molar-refractivity contribution in [3.63, 3.8) is 0 Å². The maximum Gasteiger partial charge on any atom is 0.243 e. The number of pyridine rings is 1. The fourth-order valence-electron chi connectivity index (χ4n) is 3.72. The summed E-state index contributed by atoms with van der Waals surface area (Å²) in [5, 5.41) is 3.23. The lowest BCUT2D eigenvalue weighted by Gasteiger charge is -2.34. The van der Waals surface area contributed by atoms with Crippen molar-refractivity contribution >= 4 is 27.5 Å². The molecule has 0 aliphatic carbocycles. The quantitative estimate of drug-likeness (QED) is 0.613. The Labute approximate surface area is 189 Å². The third kappa shape index (κ3) is 4.89. The summed E-state index contributed by atoms with van der Waals surface area (Å²) in [4.78, 5) is 15.8. The molecule has 0 radical (unpaired) electrons. The fraction of sp³-hybridized carbons (Fsp3) is 0.348. The minimum Gasteiger partial charge on any atom is -0.354 e. The van der Waals surface area contributed by atoms with Gasteiger partial charge in [0, 0.05) is 38.4 Å². The standard InChI is InChI=1S/C23H28N6O2S/c1-4-19-5-7-20(8-6-19)32(30,31)29-13-11-28(12-14-29)23-16-22(25-18(3)26-23)27-21-15-17(2)9-10-24-21/h5-10,15-16H,4,11-14H2,1-3H3,(H,24,25,26,27). The number of sulfonamides is 1. The number of aromatic nitrogens is 3. The summed E-state index contributed by atoms with van der Waals surface area (Å²) in [7, 11) is -3.50. The van der Waals surface area contributed by atoms with Crippen LogP contribution >= 0.6 is 0 Å². The fourth-order valence-corrected chi connectivity index (χ4v) is 5.14. The zero-order valence-electron chi connectivity index (χ0n) is 18.6. The van der Waals surface area contributed by atoms with Gasteiger partial charge in [-0.05, 0) is 55.7 Å². The maximum atomic E-state index is 13.0. The van der Waals surface area contributed by atoms with Gasteiger partial charge in [-0.3, -0.25) is 0 Å². The van der Waals surface area contributed by atoms with Crippen LogP contribution < -0.4 is 10.2 Å². The van der Waals surface area contributed by atoms with Gasteiger partial charge in [0.2, 0.25) is 10.0 Å². The first-order chi connectivity index (χ1) is 15.3. The molecule has 3 heterocycles. The molecule has 8 nitrogen and oxygen atoms in total. The van der Waals surface area contributed by atoms with E-state index in [1.165, 1.54) is 0 Å². The summed E-state index contributed by atoms with van der Waals surface area (Å²) in [5.41, 5.74) is 2.23. The van der Waals surface area contributed by atoms with Gasteiger partial charge < -0.3 is 10.2 Å². The van der Waals surface area contributed by atoms with Crippen molar-refractivity contribution in [1.82, 2.24) is 19.3 Å². The molecule has 1 aliphatic rings. The van der Waals surface area contributed by atoms with E-state index >= 15 is 0 Å². The second kappa shape index (κ2) is 9.22. The zero-order valence-corrected chi connectivity index (χ0v) is 19.4. The Hall–Kier alpha value is -3.04. The molecule has 4 rings (SSSR count). The third-order valence-electron chi connectivity index (χ3n) is 5.53. The van der Waals surface area contributed by atoms with E-state index in [0.717, 1.165) is 29.2 Å². The number of nitrogens with one attached hydrogen (secondary N) is 1. The van der Waals surface area contributed by atoms with Crippen molar-refractivity contribution in [2.24, 2.45) is 0 Å². The molecule has 0 bridgehead atoms. The lowest BCUT2D eigenvalue weighted by Crippen LogP contribution is -2.49. The van der Waals surface area contributed by atoms with Crippen molar-refractivity contribution in [2.45, 2.75) is 32.1 Å². The topological polar surface area (TPSA) is 91.3 Å². The number of anilines is 3. The number of aryl methyl sites for hydroxylation is 3. The Morgan fingerprint density at radius 3 is 2.31 bits per heavy atom. The Morgan fingerprint density at radius 1 is 0.938 bits per heavy atom. The van der Waals surface area contributed by atoms with Crippen molar-refractivity contribution in [1.29, 1.82) is 0 Å². The van der Waals surface area contributed by atoms with E-state index in [-0.39, 0.29) is 0 Å². The van der Waals surface area contributed by atoms with Crippen LogP contribution in [0, 0.1) is 13.8 Å². The lowest BCUT2D eigenvalue weighted by molar-refractivity contribution is 0.383. The smallest absolute Gasteiger partial charge is 0.243 e. The summed E-state index contributed by atoms with van der Waals surface area (Å²) in [6, 6.07) is 12.9. The molecule has 32 heavy (non-hydrogen) atoms.